The van der Waals surface area contributed by atoms with Crippen LogP contribution in [-0.2, 0) is 14.3 Å². The molecule has 0 bridgehead atoms. The van der Waals surface area contributed by atoms with E-state index in [1.54, 1.807) is 6.08 Å². The highest BCUT2D eigenvalue weighted by molar-refractivity contribution is 5.76. The molecule has 0 aliphatic rings. The highest BCUT2D eigenvalue weighted by Gasteiger charge is 2.18. The maximum atomic E-state index is 12.4. The van der Waals surface area contributed by atoms with Crippen molar-refractivity contribution in [3.05, 3.63) is 12.2 Å². The molecule has 6 heteroatoms. The molecule has 0 heterocycles. The Balaban J connectivity index is 3.32. The minimum atomic E-state index is -0.841. The Hall–Kier alpha value is -1.40. The summed E-state index contributed by atoms with van der Waals surface area (Å²) in [6.07, 6.45) is 72.7. The molecule has 0 spiro atoms. The predicted octanol–water partition coefficient (Wildman–Crippen LogP) is 20.0. The number of amides is 1. The SMILES string of the molecule is CCCCCCCCCC/C=C/C(O)C(CO)NC(=O)CCCCCCCCCCCCCCCCCCCCCCCCCCOC(=O)CCCCCCCCCCCCCCCCCCCCC. The standard InChI is InChI=1S/C64H125NO5/c1-3-5-7-9-11-13-15-16-17-18-25-29-32-35-38-42-46-50-54-58-64(69)70-59-55-51-47-43-39-36-33-30-27-24-22-20-19-21-23-26-28-31-34-37-41-45-49-53-57-63(68)65-61(60-66)62(67)56-52-48-44-40-14-12-10-8-6-4-2/h52,56,61-62,66-67H,3-51,53-55,57-60H2,1-2H3,(H,65,68)/b56-52+. The molecule has 2 unspecified atom stereocenters. The summed E-state index contributed by atoms with van der Waals surface area (Å²) in [6.45, 7) is 4.91. The first-order valence-corrected chi connectivity index (χ1v) is 32.0. The van der Waals surface area contributed by atoms with Crippen LogP contribution < -0.4 is 5.32 Å². The number of nitrogens with one attached hydrogen (secondary N) is 1. The van der Waals surface area contributed by atoms with Crippen LogP contribution in [0.5, 0.6) is 0 Å². The van der Waals surface area contributed by atoms with E-state index in [2.05, 4.69) is 19.2 Å². The van der Waals surface area contributed by atoms with Gasteiger partial charge >= 0.3 is 5.97 Å². The van der Waals surface area contributed by atoms with Crippen LogP contribution in [0.2, 0.25) is 0 Å². The van der Waals surface area contributed by atoms with Crippen LogP contribution in [0.4, 0.5) is 0 Å². The zero-order valence-corrected chi connectivity index (χ0v) is 47.5. The summed E-state index contributed by atoms with van der Waals surface area (Å²) in [6, 6.07) is -0.624. The van der Waals surface area contributed by atoms with E-state index in [-0.39, 0.29) is 18.5 Å². The van der Waals surface area contributed by atoms with Crippen molar-refractivity contribution in [1.29, 1.82) is 0 Å². The number of unbranched alkanes of at least 4 members (excludes halogenated alkanes) is 49. The molecule has 6 nitrogen and oxygen atoms in total. The Morgan fingerprint density at radius 2 is 0.657 bits per heavy atom. The lowest BCUT2D eigenvalue weighted by Gasteiger charge is -2.20. The van der Waals surface area contributed by atoms with Gasteiger partial charge in [0.15, 0.2) is 0 Å². The first-order valence-electron chi connectivity index (χ1n) is 32.0. The molecule has 416 valence electrons. The summed E-state index contributed by atoms with van der Waals surface area (Å²) in [5, 5.41) is 23.0. The molecule has 70 heavy (non-hydrogen) atoms. The quantitative estimate of drug-likeness (QED) is 0.0321. The van der Waals surface area contributed by atoms with Crippen molar-refractivity contribution in [3.63, 3.8) is 0 Å². The van der Waals surface area contributed by atoms with E-state index in [4.69, 9.17) is 4.74 Å². The average molecular weight is 989 g/mol. The summed E-state index contributed by atoms with van der Waals surface area (Å²) in [5.41, 5.74) is 0. The highest BCUT2D eigenvalue weighted by Crippen LogP contribution is 2.18. The number of aliphatic hydroxyl groups excluding tert-OH is 2. The van der Waals surface area contributed by atoms with Gasteiger partial charge in [-0.3, -0.25) is 9.59 Å². The van der Waals surface area contributed by atoms with Crippen LogP contribution in [0, 0.1) is 0 Å². The van der Waals surface area contributed by atoms with Gasteiger partial charge in [-0.25, -0.2) is 0 Å². The van der Waals surface area contributed by atoms with E-state index < -0.39 is 12.1 Å². The number of allylic oxidation sites excluding steroid dienone is 1. The molecule has 0 radical (unpaired) electrons. The first kappa shape index (κ1) is 68.6. The Morgan fingerprint density at radius 1 is 0.386 bits per heavy atom. The topological polar surface area (TPSA) is 95.9 Å². The lowest BCUT2D eigenvalue weighted by atomic mass is 10.0. The third-order valence-corrected chi connectivity index (χ3v) is 15.1. The second-order valence-corrected chi connectivity index (χ2v) is 22.1. The van der Waals surface area contributed by atoms with Crippen LogP contribution in [0.15, 0.2) is 12.2 Å². The number of esters is 1. The lowest BCUT2D eigenvalue weighted by molar-refractivity contribution is -0.143. The van der Waals surface area contributed by atoms with Gasteiger partial charge < -0.3 is 20.3 Å². The number of hydrogen-bond acceptors (Lipinski definition) is 5. The molecular formula is C64H125NO5. The van der Waals surface area contributed by atoms with E-state index in [1.807, 2.05) is 6.08 Å². The van der Waals surface area contributed by atoms with Crippen LogP contribution in [0.3, 0.4) is 0 Å². The molecule has 0 rings (SSSR count). The van der Waals surface area contributed by atoms with Gasteiger partial charge in [0.05, 0.1) is 25.4 Å². The maximum absolute atomic E-state index is 12.4. The van der Waals surface area contributed by atoms with Crippen molar-refractivity contribution < 1.29 is 24.5 Å². The van der Waals surface area contributed by atoms with Crippen molar-refractivity contribution in [2.24, 2.45) is 0 Å². The molecule has 0 aromatic carbocycles. The molecule has 3 N–H and O–H groups in total. The summed E-state index contributed by atoms with van der Waals surface area (Å²) in [7, 11) is 0. The van der Waals surface area contributed by atoms with Crippen LogP contribution in [0.25, 0.3) is 0 Å². The Labute approximate surface area is 438 Å². The largest absolute Gasteiger partial charge is 0.466 e. The minimum Gasteiger partial charge on any atom is -0.466 e. The molecule has 0 aliphatic carbocycles. The summed E-state index contributed by atoms with van der Waals surface area (Å²) < 4.78 is 5.51. The number of carbonyl (C=O) groups excluding carboxylic acids is 2. The van der Waals surface area contributed by atoms with Gasteiger partial charge in [-0.2, -0.15) is 0 Å². The van der Waals surface area contributed by atoms with Crippen molar-refractivity contribution >= 4 is 11.9 Å². The van der Waals surface area contributed by atoms with E-state index in [9.17, 15) is 19.8 Å². The molecule has 0 aromatic rings. The smallest absolute Gasteiger partial charge is 0.305 e. The fraction of sp³-hybridized carbons (Fsp3) is 0.938. The second kappa shape index (κ2) is 60.2. The van der Waals surface area contributed by atoms with Gasteiger partial charge in [-0.05, 0) is 32.1 Å². The Morgan fingerprint density at radius 3 is 0.971 bits per heavy atom. The third kappa shape index (κ3) is 55.9. The number of ether oxygens (including phenoxy) is 1. The van der Waals surface area contributed by atoms with Crippen molar-refractivity contribution in [2.75, 3.05) is 13.2 Å². The Bertz CT molecular complexity index is 1050. The molecule has 0 aromatic heterocycles. The molecule has 0 aliphatic heterocycles. The highest BCUT2D eigenvalue weighted by atomic mass is 16.5. The van der Waals surface area contributed by atoms with E-state index in [0.29, 0.717) is 19.4 Å². The number of hydrogen-bond donors (Lipinski definition) is 3. The average Bonchev–Trinajstić information content (AvgIpc) is 3.36. The molecule has 0 saturated heterocycles. The minimum absolute atomic E-state index is 0.0203. The summed E-state index contributed by atoms with van der Waals surface area (Å²) in [4.78, 5) is 24.5. The number of rotatable bonds is 60. The lowest BCUT2D eigenvalue weighted by Crippen LogP contribution is -2.45. The summed E-state index contributed by atoms with van der Waals surface area (Å²) >= 11 is 0. The first-order chi connectivity index (χ1) is 34.5. The van der Waals surface area contributed by atoms with E-state index in [0.717, 1.165) is 38.5 Å². The molecule has 1 amide bonds. The van der Waals surface area contributed by atoms with Gasteiger partial charge in [0, 0.05) is 12.8 Å². The molecule has 2 atom stereocenters. The zero-order valence-electron chi connectivity index (χ0n) is 47.5. The van der Waals surface area contributed by atoms with Gasteiger partial charge in [0.1, 0.15) is 0 Å². The molecule has 0 fully saturated rings. The van der Waals surface area contributed by atoms with Crippen molar-refractivity contribution in [1.82, 2.24) is 5.32 Å². The third-order valence-electron chi connectivity index (χ3n) is 15.1. The van der Waals surface area contributed by atoms with E-state index >= 15 is 0 Å². The fourth-order valence-electron chi connectivity index (χ4n) is 10.2. The second-order valence-electron chi connectivity index (χ2n) is 22.1. The number of aliphatic hydroxyl groups is 2. The van der Waals surface area contributed by atoms with Crippen molar-refractivity contribution in [3.8, 4) is 0 Å². The van der Waals surface area contributed by atoms with Crippen LogP contribution in [0.1, 0.15) is 361 Å². The fourth-order valence-corrected chi connectivity index (χ4v) is 10.2. The Kier molecular flexibility index (Phi) is 59.0. The monoisotopic (exact) mass is 988 g/mol. The van der Waals surface area contributed by atoms with Gasteiger partial charge in [0.25, 0.3) is 0 Å². The number of carbonyl (C=O) groups is 2. The van der Waals surface area contributed by atoms with E-state index in [1.165, 1.54) is 295 Å². The molecular weight excluding hydrogens is 863 g/mol. The van der Waals surface area contributed by atoms with Gasteiger partial charge in [-0.1, -0.05) is 328 Å². The maximum Gasteiger partial charge on any atom is 0.305 e. The van der Waals surface area contributed by atoms with Crippen LogP contribution >= 0.6 is 0 Å². The zero-order chi connectivity index (χ0) is 50.7. The van der Waals surface area contributed by atoms with Crippen LogP contribution in [-0.4, -0.2) is 47.4 Å². The van der Waals surface area contributed by atoms with Crippen molar-refractivity contribution in [2.45, 2.75) is 373 Å². The van der Waals surface area contributed by atoms with Gasteiger partial charge in [0.2, 0.25) is 5.91 Å². The van der Waals surface area contributed by atoms with Gasteiger partial charge in [-0.15, -0.1) is 0 Å². The molecule has 0 saturated carbocycles. The summed E-state index contributed by atoms with van der Waals surface area (Å²) in [5.74, 6) is -0.0468. The normalized spacial score (nSPS) is 12.6. The predicted molar refractivity (Wildman–Crippen MR) is 306 cm³/mol.